The van der Waals surface area contributed by atoms with Crippen molar-refractivity contribution in [3.63, 3.8) is 0 Å². The molecule has 0 saturated heterocycles. The van der Waals surface area contributed by atoms with Crippen molar-refractivity contribution in [3.05, 3.63) is 53.9 Å². The molecule has 3 rings (SSSR count). The van der Waals surface area contributed by atoms with E-state index in [2.05, 4.69) is 10.3 Å². The molecule has 0 aliphatic carbocycles. The molecule has 1 aliphatic heterocycles. The Morgan fingerprint density at radius 2 is 2.12 bits per heavy atom. The Morgan fingerprint density at radius 1 is 1.28 bits per heavy atom. The number of fused-ring (bicyclic) bond motifs is 1. The number of nitrogens with zero attached hydrogens (tertiary/aromatic N) is 2. The molecule has 1 aromatic heterocycles. The maximum atomic E-state index is 12.8. The number of anilines is 2. The summed E-state index contributed by atoms with van der Waals surface area (Å²) in [6.07, 6.45) is 5.59. The lowest BCUT2D eigenvalue weighted by molar-refractivity contribution is -0.116. The summed E-state index contributed by atoms with van der Waals surface area (Å²) in [6.45, 7) is 4.70. The van der Waals surface area contributed by atoms with Gasteiger partial charge in [0.15, 0.2) is 0 Å². The minimum Gasteiger partial charge on any atom is -0.326 e. The van der Waals surface area contributed by atoms with Gasteiger partial charge in [-0.3, -0.25) is 14.6 Å². The minimum absolute atomic E-state index is 0.00380. The molecule has 0 spiro atoms. The van der Waals surface area contributed by atoms with Crippen LogP contribution in [0.4, 0.5) is 11.4 Å². The fourth-order valence-electron chi connectivity index (χ4n) is 3.09. The molecule has 0 fully saturated rings. The molecule has 1 aliphatic rings. The third-order valence-electron chi connectivity index (χ3n) is 4.23. The van der Waals surface area contributed by atoms with Crippen LogP contribution in [0.5, 0.6) is 0 Å². The van der Waals surface area contributed by atoms with Crippen LogP contribution in [0, 0.1) is 5.92 Å². The number of hydrogen-bond donors (Lipinski definition) is 1. The number of rotatable bonds is 4. The molecule has 5 heteroatoms. The van der Waals surface area contributed by atoms with Crippen LogP contribution in [-0.2, 0) is 11.2 Å². The standard InChI is InChI=1S/C20H23N3O2/c1-14(2)11-19(24)22-17-8-7-15-6-4-10-23(18(15)12-17)20(25)16-5-3-9-21-13-16/h3,5,7-9,12-14H,4,6,10-11H2,1-2H3,(H,22,24). The van der Waals surface area contributed by atoms with E-state index >= 15 is 0 Å². The molecule has 2 heterocycles. The van der Waals surface area contributed by atoms with E-state index < -0.39 is 0 Å². The first kappa shape index (κ1) is 17.1. The first-order valence-corrected chi connectivity index (χ1v) is 8.69. The smallest absolute Gasteiger partial charge is 0.259 e. The Kier molecular flexibility index (Phi) is 5.12. The van der Waals surface area contributed by atoms with E-state index in [-0.39, 0.29) is 11.8 Å². The van der Waals surface area contributed by atoms with Crippen molar-refractivity contribution >= 4 is 23.2 Å². The highest BCUT2D eigenvalue weighted by Gasteiger charge is 2.24. The molecule has 2 amide bonds. The highest BCUT2D eigenvalue weighted by Crippen LogP contribution is 2.31. The van der Waals surface area contributed by atoms with Gasteiger partial charge in [-0.2, -0.15) is 0 Å². The molecule has 1 aromatic carbocycles. The third kappa shape index (κ3) is 4.05. The van der Waals surface area contributed by atoms with Gasteiger partial charge in [-0.1, -0.05) is 19.9 Å². The molecule has 0 radical (unpaired) electrons. The van der Waals surface area contributed by atoms with Gasteiger partial charge in [-0.05, 0) is 48.6 Å². The van der Waals surface area contributed by atoms with Gasteiger partial charge in [0.05, 0.1) is 5.56 Å². The summed E-state index contributed by atoms with van der Waals surface area (Å²) in [6, 6.07) is 9.36. The average Bonchev–Trinajstić information content (AvgIpc) is 2.60. The Hall–Kier alpha value is -2.69. The molecule has 0 unspecified atom stereocenters. The van der Waals surface area contributed by atoms with Gasteiger partial charge in [0, 0.05) is 36.7 Å². The number of benzene rings is 1. The lowest BCUT2D eigenvalue weighted by Gasteiger charge is -2.30. The van der Waals surface area contributed by atoms with Gasteiger partial charge in [0.1, 0.15) is 0 Å². The van der Waals surface area contributed by atoms with Crippen molar-refractivity contribution in [2.24, 2.45) is 5.92 Å². The summed E-state index contributed by atoms with van der Waals surface area (Å²) in [5, 5.41) is 2.93. The largest absolute Gasteiger partial charge is 0.326 e. The third-order valence-corrected chi connectivity index (χ3v) is 4.23. The van der Waals surface area contributed by atoms with Crippen molar-refractivity contribution in [1.82, 2.24) is 4.98 Å². The van der Waals surface area contributed by atoms with E-state index in [1.165, 1.54) is 0 Å². The van der Waals surface area contributed by atoms with Gasteiger partial charge in [-0.25, -0.2) is 0 Å². The topological polar surface area (TPSA) is 62.3 Å². The predicted octanol–water partition coefficient (Wildman–Crippen LogP) is 3.66. The van der Waals surface area contributed by atoms with Crippen molar-refractivity contribution in [3.8, 4) is 0 Å². The Bertz CT molecular complexity index is 772. The molecule has 25 heavy (non-hydrogen) atoms. The van der Waals surface area contributed by atoms with Crippen LogP contribution < -0.4 is 10.2 Å². The number of hydrogen-bond acceptors (Lipinski definition) is 3. The number of carbonyl (C=O) groups excluding carboxylic acids is 2. The molecule has 0 atom stereocenters. The monoisotopic (exact) mass is 337 g/mol. The Balaban J connectivity index is 1.85. The zero-order valence-corrected chi connectivity index (χ0v) is 14.7. The second-order valence-electron chi connectivity index (χ2n) is 6.79. The second kappa shape index (κ2) is 7.47. The van der Waals surface area contributed by atoms with E-state index in [0.717, 1.165) is 29.8 Å². The van der Waals surface area contributed by atoms with E-state index in [1.807, 2.05) is 32.0 Å². The predicted molar refractivity (Wildman–Crippen MR) is 98.8 cm³/mol. The molecule has 0 bridgehead atoms. The average molecular weight is 337 g/mol. The highest BCUT2D eigenvalue weighted by atomic mass is 16.2. The lowest BCUT2D eigenvalue weighted by atomic mass is 10.00. The molecule has 2 aromatic rings. The summed E-state index contributed by atoms with van der Waals surface area (Å²) >= 11 is 0. The number of nitrogens with one attached hydrogen (secondary N) is 1. The van der Waals surface area contributed by atoms with Gasteiger partial charge in [0.25, 0.3) is 5.91 Å². The van der Waals surface area contributed by atoms with Crippen LogP contribution in [0.25, 0.3) is 0 Å². The Morgan fingerprint density at radius 3 is 2.84 bits per heavy atom. The normalized spacial score (nSPS) is 13.5. The summed E-state index contributed by atoms with van der Waals surface area (Å²) < 4.78 is 0. The molecule has 0 saturated carbocycles. The van der Waals surface area contributed by atoms with Crippen LogP contribution in [0.2, 0.25) is 0 Å². The fourth-order valence-corrected chi connectivity index (χ4v) is 3.09. The highest BCUT2D eigenvalue weighted by molar-refractivity contribution is 6.07. The van der Waals surface area contributed by atoms with Gasteiger partial charge in [-0.15, -0.1) is 0 Å². The van der Waals surface area contributed by atoms with E-state index in [0.29, 0.717) is 24.4 Å². The summed E-state index contributed by atoms with van der Waals surface area (Å²) in [5.41, 5.74) is 3.31. The van der Waals surface area contributed by atoms with Crippen molar-refractivity contribution in [2.45, 2.75) is 33.1 Å². The summed E-state index contributed by atoms with van der Waals surface area (Å²) in [5.74, 6) is 0.247. The number of carbonyl (C=O) groups is 2. The van der Waals surface area contributed by atoms with Gasteiger partial charge < -0.3 is 10.2 Å². The van der Waals surface area contributed by atoms with E-state index in [9.17, 15) is 9.59 Å². The lowest BCUT2D eigenvalue weighted by Crippen LogP contribution is -2.35. The summed E-state index contributed by atoms with van der Waals surface area (Å²) in [7, 11) is 0. The van der Waals surface area contributed by atoms with E-state index in [1.54, 1.807) is 29.4 Å². The Labute approximate surface area is 148 Å². The van der Waals surface area contributed by atoms with Crippen molar-refractivity contribution < 1.29 is 9.59 Å². The quantitative estimate of drug-likeness (QED) is 0.926. The maximum absolute atomic E-state index is 12.8. The van der Waals surface area contributed by atoms with Crippen LogP contribution in [-0.4, -0.2) is 23.3 Å². The number of aromatic nitrogens is 1. The maximum Gasteiger partial charge on any atom is 0.259 e. The summed E-state index contributed by atoms with van der Waals surface area (Å²) in [4.78, 5) is 30.7. The van der Waals surface area contributed by atoms with Crippen LogP contribution in [0.15, 0.2) is 42.7 Å². The van der Waals surface area contributed by atoms with Crippen LogP contribution in [0.3, 0.4) is 0 Å². The SMILES string of the molecule is CC(C)CC(=O)Nc1ccc2c(c1)N(C(=O)c1cccnc1)CCC2. The fraction of sp³-hybridized carbons (Fsp3) is 0.350. The molecule has 130 valence electrons. The minimum atomic E-state index is -0.0558. The number of pyridine rings is 1. The zero-order valence-electron chi connectivity index (χ0n) is 14.7. The van der Waals surface area contributed by atoms with Gasteiger partial charge >= 0.3 is 0 Å². The van der Waals surface area contributed by atoms with Crippen molar-refractivity contribution in [2.75, 3.05) is 16.8 Å². The van der Waals surface area contributed by atoms with Crippen LogP contribution >= 0.6 is 0 Å². The number of amides is 2. The molecule has 5 nitrogen and oxygen atoms in total. The molecule has 1 N–H and O–H groups in total. The van der Waals surface area contributed by atoms with Crippen molar-refractivity contribution in [1.29, 1.82) is 0 Å². The first-order valence-electron chi connectivity index (χ1n) is 8.69. The van der Waals surface area contributed by atoms with E-state index in [4.69, 9.17) is 0 Å². The zero-order chi connectivity index (χ0) is 17.8. The van der Waals surface area contributed by atoms with Gasteiger partial charge in [0.2, 0.25) is 5.91 Å². The first-order chi connectivity index (χ1) is 12.0. The molecular weight excluding hydrogens is 314 g/mol. The number of aryl methyl sites for hydroxylation is 1. The second-order valence-corrected chi connectivity index (χ2v) is 6.79. The van der Waals surface area contributed by atoms with Crippen LogP contribution in [0.1, 0.15) is 42.6 Å². The molecular formula is C20H23N3O2.